The average molecular weight is 247 g/mol. The average Bonchev–Trinajstić information content (AvgIpc) is 2.33. The molecule has 1 rings (SSSR count). The van der Waals surface area contributed by atoms with E-state index in [1.54, 1.807) is 12.1 Å². The van der Waals surface area contributed by atoms with Gasteiger partial charge < -0.3 is 15.8 Å². The van der Waals surface area contributed by atoms with Gasteiger partial charge in [0.2, 0.25) is 0 Å². The van der Waals surface area contributed by atoms with E-state index < -0.39 is 0 Å². The Bertz CT molecular complexity index is 410. The van der Waals surface area contributed by atoms with Crippen LogP contribution >= 0.6 is 0 Å². The first kappa shape index (κ1) is 14.3. The van der Waals surface area contributed by atoms with E-state index in [0.717, 1.165) is 31.7 Å². The number of nitrogens with two attached hydrogens (primary N) is 1. The number of nitriles is 1. The predicted molar refractivity (Wildman–Crippen MR) is 74.4 cm³/mol. The number of ether oxygens (including phenoxy) is 1. The van der Waals surface area contributed by atoms with Gasteiger partial charge in [-0.05, 0) is 44.9 Å². The van der Waals surface area contributed by atoms with Crippen molar-refractivity contribution in [2.45, 2.75) is 32.8 Å². The van der Waals surface area contributed by atoms with Crippen molar-refractivity contribution in [2.24, 2.45) is 0 Å². The van der Waals surface area contributed by atoms with Crippen LogP contribution in [-0.2, 0) is 4.74 Å². The van der Waals surface area contributed by atoms with E-state index in [0.29, 0.717) is 17.4 Å². The topological polar surface area (TPSA) is 71.1 Å². The van der Waals surface area contributed by atoms with E-state index in [4.69, 9.17) is 15.7 Å². The van der Waals surface area contributed by atoms with Gasteiger partial charge in [0.1, 0.15) is 6.07 Å². The van der Waals surface area contributed by atoms with Crippen LogP contribution in [0, 0.1) is 11.3 Å². The molecule has 0 amide bonds. The molecule has 1 aromatic carbocycles. The summed E-state index contributed by atoms with van der Waals surface area (Å²) in [6.07, 6.45) is 2.39. The number of nitrogen functional groups attached to an aromatic ring is 1. The van der Waals surface area contributed by atoms with E-state index in [1.807, 2.05) is 26.0 Å². The van der Waals surface area contributed by atoms with Crippen molar-refractivity contribution in [1.82, 2.24) is 0 Å². The molecule has 1 aromatic rings. The van der Waals surface area contributed by atoms with E-state index in [9.17, 15) is 0 Å². The number of rotatable bonds is 7. The first-order valence-corrected chi connectivity index (χ1v) is 6.28. The number of hydrogen-bond acceptors (Lipinski definition) is 4. The number of anilines is 2. The molecule has 0 aliphatic rings. The fourth-order valence-corrected chi connectivity index (χ4v) is 1.55. The molecule has 98 valence electrons. The second-order valence-corrected chi connectivity index (χ2v) is 4.47. The van der Waals surface area contributed by atoms with Crippen molar-refractivity contribution < 1.29 is 4.74 Å². The first-order valence-electron chi connectivity index (χ1n) is 6.28. The summed E-state index contributed by atoms with van der Waals surface area (Å²) >= 11 is 0. The zero-order valence-corrected chi connectivity index (χ0v) is 11.1. The molecule has 0 saturated carbocycles. The van der Waals surface area contributed by atoms with Gasteiger partial charge in [-0.2, -0.15) is 5.26 Å². The number of nitrogens with zero attached hydrogens (tertiary/aromatic N) is 1. The number of unbranched alkanes of at least 4 members (excludes halogenated alkanes) is 1. The van der Waals surface area contributed by atoms with E-state index >= 15 is 0 Å². The second-order valence-electron chi connectivity index (χ2n) is 4.47. The van der Waals surface area contributed by atoms with Crippen LogP contribution in [0.15, 0.2) is 18.2 Å². The Morgan fingerprint density at radius 1 is 1.39 bits per heavy atom. The minimum absolute atomic E-state index is 0.302. The van der Waals surface area contributed by atoms with Gasteiger partial charge in [0, 0.05) is 18.8 Å². The van der Waals surface area contributed by atoms with Gasteiger partial charge in [-0.25, -0.2) is 0 Å². The molecule has 0 fully saturated rings. The Labute approximate surface area is 109 Å². The molecular formula is C14H21N3O. The van der Waals surface area contributed by atoms with Crippen LogP contribution in [0.4, 0.5) is 11.4 Å². The molecule has 0 unspecified atom stereocenters. The minimum Gasteiger partial charge on any atom is -0.398 e. The third-order valence-electron chi connectivity index (χ3n) is 2.52. The number of hydrogen-bond donors (Lipinski definition) is 2. The predicted octanol–water partition coefficient (Wildman–Crippen LogP) is 2.76. The third kappa shape index (κ3) is 5.07. The maximum atomic E-state index is 8.76. The standard InChI is InChI=1S/C14H21N3O/c1-11(2)18-8-4-3-7-17-13-6-5-12(10-15)14(16)9-13/h5-6,9,11,17H,3-4,7-8,16H2,1-2H3. The van der Waals surface area contributed by atoms with Crippen LogP contribution < -0.4 is 11.1 Å². The van der Waals surface area contributed by atoms with Gasteiger partial charge in [0.15, 0.2) is 0 Å². The van der Waals surface area contributed by atoms with Crippen LogP contribution in [0.25, 0.3) is 0 Å². The molecule has 4 heteroatoms. The molecule has 0 spiro atoms. The van der Waals surface area contributed by atoms with Gasteiger partial charge in [-0.15, -0.1) is 0 Å². The van der Waals surface area contributed by atoms with Crippen LogP contribution in [0.5, 0.6) is 0 Å². The highest BCUT2D eigenvalue weighted by atomic mass is 16.5. The quantitative estimate of drug-likeness (QED) is 0.574. The van der Waals surface area contributed by atoms with Crippen molar-refractivity contribution in [1.29, 1.82) is 5.26 Å². The molecule has 3 N–H and O–H groups in total. The maximum absolute atomic E-state index is 8.76. The lowest BCUT2D eigenvalue weighted by Crippen LogP contribution is -2.07. The Morgan fingerprint density at radius 3 is 2.78 bits per heavy atom. The summed E-state index contributed by atoms with van der Waals surface area (Å²) in [6, 6.07) is 7.45. The first-order chi connectivity index (χ1) is 8.63. The van der Waals surface area contributed by atoms with Gasteiger partial charge in [0.25, 0.3) is 0 Å². The van der Waals surface area contributed by atoms with Crippen molar-refractivity contribution in [2.75, 3.05) is 24.2 Å². The molecular weight excluding hydrogens is 226 g/mol. The highest BCUT2D eigenvalue weighted by molar-refractivity contribution is 5.62. The molecule has 0 aliphatic heterocycles. The molecule has 18 heavy (non-hydrogen) atoms. The van der Waals surface area contributed by atoms with Crippen molar-refractivity contribution in [3.63, 3.8) is 0 Å². The van der Waals surface area contributed by atoms with E-state index in [2.05, 4.69) is 5.32 Å². The van der Waals surface area contributed by atoms with E-state index in [1.165, 1.54) is 0 Å². The monoisotopic (exact) mass is 247 g/mol. The Kier molecular flexibility index (Phi) is 6.03. The summed E-state index contributed by atoms with van der Waals surface area (Å²) in [5, 5.41) is 12.0. The lowest BCUT2D eigenvalue weighted by molar-refractivity contribution is 0.0765. The van der Waals surface area contributed by atoms with Gasteiger partial charge in [-0.1, -0.05) is 0 Å². The van der Waals surface area contributed by atoms with Crippen LogP contribution in [-0.4, -0.2) is 19.3 Å². The minimum atomic E-state index is 0.302. The summed E-state index contributed by atoms with van der Waals surface area (Å²) in [5.41, 5.74) is 7.73. The zero-order chi connectivity index (χ0) is 13.4. The lowest BCUT2D eigenvalue weighted by Gasteiger charge is -2.09. The summed E-state index contributed by atoms with van der Waals surface area (Å²) in [7, 11) is 0. The SMILES string of the molecule is CC(C)OCCCCNc1ccc(C#N)c(N)c1. The summed E-state index contributed by atoms with van der Waals surface area (Å²) in [4.78, 5) is 0. The maximum Gasteiger partial charge on any atom is 0.101 e. The Morgan fingerprint density at radius 2 is 2.17 bits per heavy atom. The third-order valence-corrected chi connectivity index (χ3v) is 2.52. The largest absolute Gasteiger partial charge is 0.398 e. The molecule has 0 aromatic heterocycles. The fourth-order valence-electron chi connectivity index (χ4n) is 1.55. The molecule has 0 atom stereocenters. The summed E-state index contributed by atoms with van der Waals surface area (Å²) in [5.74, 6) is 0. The normalized spacial score (nSPS) is 10.3. The second kappa shape index (κ2) is 7.57. The van der Waals surface area contributed by atoms with Crippen LogP contribution in [0.3, 0.4) is 0 Å². The summed E-state index contributed by atoms with van der Waals surface area (Å²) in [6.45, 7) is 5.76. The molecule has 4 nitrogen and oxygen atoms in total. The molecule has 0 radical (unpaired) electrons. The van der Waals surface area contributed by atoms with Crippen LogP contribution in [0.1, 0.15) is 32.3 Å². The lowest BCUT2D eigenvalue weighted by atomic mass is 10.2. The zero-order valence-electron chi connectivity index (χ0n) is 11.1. The number of nitrogens with one attached hydrogen (secondary N) is 1. The molecule has 0 bridgehead atoms. The van der Waals surface area contributed by atoms with Gasteiger partial charge >= 0.3 is 0 Å². The smallest absolute Gasteiger partial charge is 0.101 e. The van der Waals surface area contributed by atoms with Crippen molar-refractivity contribution in [3.8, 4) is 6.07 Å². The molecule has 0 saturated heterocycles. The van der Waals surface area contributed by atoms with Gasteiger partial charge in [0.05, 0.1) is 17.4 Å². The van der Waals surface area contributed by atoms with Crippen molar-refractivity contribution >= 4 is 11.4 Å². The highest BCUT2D eigenvalue weighted by Crippen LogP contribution is 2.17. The highest BCUT2D eigenvalue weighted by Gasteiger charge is 1.99. The molecule has 0 heterocycles. The summed E-state index contributed by atoms with van der Waals surface area (Å²) < 4.78 is 5.46. The van der Waals surface area contributed by atoms with Crippen LogP contribution in [0.2, 0.25) is 0 Å². The number of benzene rings is 1. The van der Waals surface area contributed by atoms with Gasteiger partial charge in [-0.3, -0.25) is 0 Å². The van der Waals surface area contributed by atoms with E-state index in [-0.39, 0.29) is 0 Å². The van der Waals surface area contributed by atoms with Crippen molar-refractivity contribution in [3.05, 3.63) is 23.8 Å². The molecule has 0 aliphatic carbocycles. The fraction of sp³-hybridized carbons (Fsp3) is 0.500. The Hall–Kier alpha value is -1.73. The Balaban J connectivity index is 2.24.